The molecule has 0 aromatic carbocycles. The average molecular weight is 476 g/mol. The highest BCUT2D eigenvalue weighted by atomic mass is 19.1. The number of likely N-dealkylation sites (N-methyl/N-ethyl adjacent to an activating group) is 1. The molecule has 3 aromatic heterocycles. The Morgan fingerprint density at radius 1 is 1.26 bits per heavy atom. The van der Waals surface area contributed by atoms with Gasteiger partial charge in [-0.05, 0) is 20.8 Å². The standard InChI is InChI=1S/C21H30FN9O3/c1-21(2,3)34-20(32)30(6)14-10-31(8-12(14)22)19-25-16(15-17(26-19)28(4)11-23-15)24-13-9-29(5)27-18(13)33-7/h9,11-12,14H,8,10H2,1-7H3,(H,24,25,26)/t12-,14-/m1/s1. The summed E-state index contributed by atoms with van der Waals surface area (Å²) in [6.45, 7) is 5.58. The van der Waals surface area contributed by atoms with Crippen LogP contribution in [0.15, 0.2) is 12.5 Å². The Morgan fingerprint density at radius 3 is 2.68 bits per heavy atom. The zero-order chi connectivity index (χ0) is 24.8. The minimum Gasteiger partial charge on any atom is -0.478 e. The minimum absolute atomic E-state index is 0.0385. The van der Waals surface area contributed by atoms with Crippen molar-refractivity contribution in [3.63, 3.8) is 0 Å². The molecule has 0 unspecified atom stereocenters. The molecule has 1 aliphatic heterocycles. The van der Waals surface area contributed by atoms with Gasteiger partial charge in [-0.15, -0.1) is 5.10 Å². The summed E-state index contributed by atoms with van der Waals surface area (Å²) in [5.74, 6) is 1.16. The number of aryl methyl sites for hydroxylation is 2. The van der Waals surface area contributed by atoms with Gasteiger partial charge in [0, 0.05) is 27.7 Å². The lowest BCUT2D eigenvalue weighted by molar-refractivity contribution is 0.0183. The summed E-state index contributed by atoms with van der Waals surface area (Å²) in [6, 6.07) is -0.699. The van der Waals surface area contributed by atoms with E-state index in [1.165, 1.54) is 12.0 Å². The maximum Gasteiger partial charge on any atom is 0.410 e. The van der Waals surface area contributed by atoms with Crippen molar-refractivity contribution in [2.45, 2.75) is 38.6 Å². The number of amides is 1. The maximum atomic E-state index is 15.0. The highest BCUT2D eigenvalue weighted by Crippen LogP contribution is 2.31. The number of imidazole rings is 1. The zero-order valence-corrected chi connectivity index (χ0v) is 20.4. The van der Waals surface area contributed by atoms with Crippen LogP contribution in [0.5, 0.6) is 5.88 Å². The van der Waals surface area contributed by atoms with Gasteiger partial charge in [0.15, 0.2) is 17.0 Å². The molecule has 1 N–H and O–H groups in total. The predicted molar refractivity (Wildman–Crippen MR) is 124 cm³/mol. The number of ether oxygens (including phenoxy) is 2. The Morgan fingerprint density at radius 2 is 2.00 bits per heavy atom. The van der Waals surface area contributed by atoms with E-state index in [-0.39, 0.29) is 13.1 Å². The van der Waals surface area contributed by atoms with Gasteiger partial charge >= 0.3 is 6.09 Å². The molecule has 2 atom stereocenters. The van der Waals surface area contributed by atoms with Crippen molar-refractivity contribution in [1.82, 2.24) is 34.2 Å². The molecule has 184 valence electrons. The fourth-order valence-corrected chi connectivity index (χ4v) is 3.80. The van der Waals surface area contributed by atoms with E-state index in [0.717, 1.165) is 0 Å². The van der Waals surface area contributed by atoms with Gasteiger partial charge in [0.05, 0.1) is 32.2 Å². The molecule has 3 aromatic rings. The molecule has 0 saturated carbocycles. The quantitative estimate of drug-likeness (QED) is 0.593. The van der Waals surface area contributed by atoms with Crippen LogP contribution < -0.4 is 15.0 Å². The Bertz CT molecular complexity index is 1200. The molecular formula is C21H30FN9O3. The smallest absolute Gasteiger partial charge is 0.410 e. The molecule has 0 spiro atoms. The summed E-state index contributed by atoms with van der Waals surface area (Å²) in [6.07, 6.45) is 1.53. The van der Waals surface area contributed by atoms with E-state index in [9.17, 15) is 4.79 Å². The SMILES string of the molecule is COc1nn(C)cc1Nc1nc(N2C[C@@H](F)[C@H](N(C)C(=O)OC(C)(C)C)C2)nc2c1ncn2C. The van der Waals surface area contributed by atoms with Crippen molar-refractivity contribution in [2.75, 3.05) is 37.5 Å². The first-order valence-corrected chi connectivity index (χ1v) is 10.9. The van der Waals surface area contributed by atoms with E-state index < -0.39 is 23.9 Å². The Balaban J connectivity index is 1.63. The van der Waals surface area contributed by atoms with Gasteiger partial charge in [-0.2, -0.15) is 9.97 Å². The predicted octanol–water partition coefficient (Wildman–Crippen LogP) is 2.24. The number of anilines is 3. The second-order valence-corrected chi connectivity index (χ2v) is 9.33. The van der Waals surface area contributed by atoms with Crippen LogP contribution in [-0.4, -0.2) is 85.4 Å². The summed E-state index contributed by atoms with van der Waals surface area (Å²) in [5, 5.41) is 7.46. The normalized spacial score (nSPS) is 18.4. The Kier molecular flexibility index (Phi) is 5.96. The zero-order valence-electron chi connectivity index (χ0n) is 20.4. The van der Waals surface area contributed by atoms with E-state index in [4.69, 9.17) is 9.47 Å². The number of aromatic nitrogens is 6. The van der Waals surface area contributed by atoms with E-state index >= 15 is 4.39 Å². The number of carbonyl (C=O) groups excluding carboxylic acids is 1. The van der Waals surface area contributed by atoms with Crippen LogP contribution in [0.4, 0.5) is 26.6 Å². The molecule has 1 fully saturated rings. The molecule has 1 saturated heterocycles. The minimum atomic E-state index is -1.29. The molecule has 12 nitrogen and oxygen atoms in total. The van der Waals surface area contributed by atoms with Gasteiger partial charge in [-0.25, -0.2) is 14.2 Å². The number of alkyl halides is 1. The molecule has 0 radical (unpaired) electrons. The molecule has 1 amide bonds. The number of nitrogens with zero attached hydrogens (tertiary/aromatic N) is 8. The van der Waals surface area contributed by atoms with E-state index in [1.807, 2.05) is 7.05 Å². The number of rotatable bonds is 5. The van der Waals surface area contributed by atoms with Gasteiger partial charge in [0.1, 0.15) is 17.5 Å². The van der Waals surface area contributed by atoms with Crippen LogP contribution in [0.3, 0.4) is 0 Å². The second-order valence-electron chi connectivity index (χ2n) is 9.33. The third kappa shape index (κ3) is 4.54. The van der Waals surface area contributed by atoms with E-state index in [2.05, 4.69) is 25.4 Å². The summed E-state index contributed by atoms with van der Waals surface area (Å²) >= 11 is 0. The number of fused-ring (bicyclic) bond motifs is 1. The third-order valence-electron chi connectivity index (χ3n) is 5.47. The molecule has 4 rings (SSSR count). The van der Waals surface area contributed by atoms with Gasteiger partial charge in [-0.3, -0.25) is 4.68 Å². The first-order chi connectivity index (χ1) is 16.0. The van der Waals surface area contributed by atoms with E-state index in [1.54, 1.807) is 61.5 Å². The fraction of sp³-hybridized carbons (Fsp3) is 0.571. The first kappa shape index (κ1) is 23.5. The van der Waals surface area contributed by atoms with Crippen molar-refractivity contribution in [2.24, 2.45) is 14.1 Å². The first-order valence-electron chi connectivity index (χ1n) is 10.9. The second kappa shape index (κ2) is 8.61. The Labute approximate surface area is 196 Å². The van der Waals surface area contributed by atoms with E-state index in [0.29, 0.717) is 34.5 Å². The number of carbonyl (C=O) groups is 1. The molecular weight excluding hydrogens is 445 g/mol. The summed E-state index contributed by atoms with van der Waals surface area (Å²) in [5.41, 5.74) is 1.07. The molecule has 13 heteroatoms. The lowest BCUT2D eigenvalue weighted by Crippen LogP contribution is -2.45. The third-order valence-corrected chi connectivity index (χ3v) is 5.47. The van der Waals surface area contributed by atoms with Crippen LogP contribution >= 0.6 is 0 Å². The van der Waals surface area contributed by atoms with Crippen LogP contribution in [0.1, 0.15) is 20.8 Å². The molecule has 1 aliphatic rings. The number of nitrogens with one attached hydrogen (secondary N) is 1. The van der Waals surface area contributed by atoms with Crippen molar-refractivity contribution in [1.29, 1.82) is 0 Å². The monoisotopic (exact) mass is 475 g/mol. The lowest BCUT2D eigenvalue weighted by Gasteiger charge is -2.29. The highest BCUT2D eigenvalue weighted by Gasteiger charge is 2.40. The summed E-state index contributed by atoms with van der Waals surface area (Å²) in [4.78, 5) is 29.2. The average Bonchev–Trinajstić information content (AvgIpc) is 3.43. The lowest BCUT2D eigenvalue weighted by atomic mass is 10.2. The van der Waals surface area contributed by atoms with Crippen LogP contribution in [0, 0.1) is 0 Å². The molecule has 0 aliphatic carbocycles. The van der Waals surface area contributed by atoms with Gasteiger partial charge in [-0.1, -0.05) is 0 Å². The molecule has 34 heavy (non-hydrogen) atoms. The van der Waals surface area contributed by atoms with Crippen molar-refractivity contribution >= 4 is 34.7 Å². The highest BCUT2D eigenvalue weighted by molar-refractivity contribution is 5.87. The van der Waals surface area contributed by atoms with Crippen molar-refractivity contribution < 1.29 is 18.7 Å². The fourth-order valence-electron chi connectivity index (χ4n) is 3.80. The number of hydrogen-bond donors (Lipinski definition) is 1. The van der Waals surface area contributed by atoms with Crippen molar-refractivity contribution in [3.8, 4) is 5.88 Å². The molecule has 0 bridgehead atoms. The summed E-state index contributed by atoms with van der Waals surface area (Å²) < 4.78 is 29.1. The maximum absolute atomic E-state index is 15.0. The van der Waals surface area contributed by atoms with Crippen molar-refractivity contribution in [3.05, 3.63) is 12.5 Å². The van der Waals surface area contributed by atoms with Crippen LogP contribution in [-0.2, 0) is 18.8 Å². The van der Waals surface area contributed by atoms with Gasteiger partial charge < -0.3 is 29.2 Å². The van der Waals surface area contributed by atoms with Crippen LogP contribution in [0.25, 0.3) is 11.2 Å². The van der Waals surface area contributed by atoms with Gasteiger partial charge in [0.2, 0.25) is 5.95 Å². The van der Waals surface area contributed by atoms with Gasteiger partial charge in [0.25, 0.3) is 5.88 Å². The number of hydrogen-bond acceptors (Lipinski definition) is 9. The Hall–Kier alpha value is -3.64. The topological polar surface area (TPSA) is 115 Å². The van der Waals surface area contributed by atoms with Crippen LogP contribution in [0.2, 0.25) is 0 Å². The number of methoxy groups -OCH3 is 1. The largest absolute Gasteiger partial charge is 0.478 e. The number of halogens is 1. The molecule has 4 heterocycles. The summed E-state index contributed by atoms with van der Waals surface area (Å²) in [7, 11) is 6.67.